The first-order chi connectivity index (χ1) is 46.0. The van der Waals surface area contributed by atoms with Gasteiger partial charge in [-0.15, -0.1) is 0 Å². The second kappa shape index (κ2) is 21.5. The molecule has 0 fully saturated rings. The standard InChI is InChI=1S/C86H53BN6/c1-89-65-30-20-29-61(48-65)63-40-46-81(73(50-63)59-26-9-4-10-27-59)93-83-54-67(91-78-37-17-13-33-70(78)71-34-14-18-38-79(71)91)42-44-75(83)87-74-43-41-66(90-76-35-15-11-31-68(76)69-32-12-16-36-77(69)90)53-82(74)92(84-51-64(52-85(93)86(84)87)57-22-5-2-6-23-57)80-45-39-62(60-28-19-21-56(47-60)55-88)49-72(80)58-24-7-3-8-25-58/h2-54H. The summed E-state index contributed by atoms with van der Waals surface area (Å²) in [4.78, 5) is 8.99. The van der Waals surface area contributed by atoms with Crippen molar-refractivity contribution in [3.8, 4) is 73.1 Å². The van der Waals surface area contributed by atoms with Crippen LogP contribution < -0.4 is 26.2 Å². The topological polar surface area (TPSA) is 44.5 Å². The van der Waals surface area contributed by atoms with Gasteiger partial charge in [0.25, 0.3) is 6.71 Å². The number of hydrogen-bond donors (Lipinski definition) is 0. The maximum atomic E-state index is 10.2. The van der Waals surface area contributed by atoms with Gasteiger partial charge in [0.1, 0.15) is 0 Å². The van der Waals surface area contributed by atoms with Gasteiger partial charge in [0.05, 0.1) is 51.6 Å². The highest BCUT2D eigenvalue weighted by atomic mass is 15.2. The third kappa shape index (κ3) is 8.56. The van der Waals surface area contributed by atoms with Crippen molar-refractivity contribution in [2.24, 2.45) is 0 Å². The number of aromatic nitrogens is 2. The lowest BCUT2D eigenvalue weighted by molar-refractivity contribution is 1.17. The van der Waals surface area contributed by atoms with Crippen LogP contribution in [0.2, 0.25) is 0 Å². The molecular weight excluding hydrogens is 1130 g/mol. The molecule has 16 aromatic rings. The van der Waals surface area contributed by atoms with Gasteiger partial charge >= 0.3 is 0 Å². The molecule has 0 radical (unpaired) electrons. The van der Waals surface area contributed by atoms with Crippen LogP contribution in [0.25, 0.3) is 115 Å². The lowest BCUT2D eigenvalue weighted by atomic mass is 9.33. The average molecular weight is 1180 g/mol. The second-order valence-corrected chi connectivity index (χ2v) is 24.2. The Kier molecular flexibility index (Phi) is 12.4. The Hall–Kier alpha value is -12.7. The normalized spacial score (nSPS) is 12.2. The predicted molar refractivity (Wildman–Crippen MR) is 387 cm³/mol. The number of para-hydroxylation sites is 4. The largest absolute Gasteiger partial charge is 0.311 e. The van der Waals surface area contributed by atoms with Crippen molar-refractivity contribution in [3.05, 3.63) is 338 Å². The third-order valence-corrected chi connectivity index (χ3v) is 19.1. The van der Waals surface area contributed by atoms with E-state index in [4.69, 9.17) is 6.57 Å². The molecule has 4 heterocycles. The van der Waals surface area contributed by atoms with Crippen molar-refractivity contribution in [2.45, 2.75) is 0 Å². The van der Waals surface area contributed by atoms with Crippen LogP contribution in [0.5, 0.6) is 0 Å². The Bertz CT molecular complexity index is 5370. The van der Waals surface area contributed by atoms with Gasteiger partial charge in [-0.2, -0.15) is 5.26 Å². The first-order valence-electron chi connectivity index (χ1n) is 31.5. The van der Waals surface area contributed by atoms with Crippen molar-refractivity contribution in [3.63, 3.8) is 0 Å². The van der Waals surface area contributed by atoms with Crippen molar-refractivity contribution in [1.82, 2.24) is 9.13 Å². The van der Waals surface area contributed by atoms with E-state index in [9.17, 15) is 5.26 Å². The quantitative estimate of drug-likeness (QED) is 0.107. The molecule has 0 unspecified atom stereocenters. The molecule has 0 bridgehead atoms. The molecule has 14 aromatic carbocycles. The second-order valence-electron chi connectivity index (χ2n) is 24.2. The zero-order chi connectivity index (χ0) is 61.7. The summed E-state index contributed by atoms with van der Waals surface area (Å²) in [6.45, 7) is 7.76. The summed E-state index contributed by atoms with van der Waals surface area (Å²) in [5.41, 5.74) is 28.1. The highest BCUT2D eigenvalue weighted by Crippen LogP contribution is 2.52. The Morgan fingerprint density at radius 2 is 0.699 bits per heavy atom. The number of rotatable bonds is 9. The van der Waals surface area contributed by atoms with Crippen molar-refractivity contribution in [2.75, 3.05) is 9.80 Å². The molecule has 0 aliphatic carbocycles. The maximum absolute atomic E-state index is 10.2. The van der Waals surface area contributed by atoms with Crippen LogP contribution in [0, 0.1) is 17.9 Å². The average Bonchev–Trinajstić information content (AvgIpc) is 1.12. The smallest absolute Gasteiger partial charge is 0.252 e. The van der Waals surface area contributed by atoms with Crippen molar-refractivity contribution < 1.29 is 0 Å². The molecule has 0 saturated heterocycles. The van der Waals surface area contributed by atoms with Crippen LogP contribution in [0.15, 0.2) is 322 Å². The lowest BCUT2D eigenvalue weighted by Gasteiger charge is -2.45. The molecule has 6 nitrogen and oxygen atoms in total. The van der Waals surface area contributed by atoms with E-state index in [0.717, 1.165) is 123 Å². The van der Waals surface area contributed by atoms with Gasteiger partial charge in [-0.05, 0) is 164 Å². The summed E-state index contributed by atoms with van der Waals surface area (Å²) in [7, 11) is 0. The molecule has 18 rings (SSSR count). The van der Waals surface area contributed by atoms with E-state index >= 15 is 0 Å². The van der Waals surface area contributed by atoms with Crippen LogP contribution in [0.3, 0.4) is 0 Å². The number of nitrogens with zero attached hydrogens (tertiary/aromatic N) is 6. The molecule has 430 valence electrons. The summed E-state index contributed by atoms with van der Waals surface area (Å²) in [5.74, 6) is 0. The van der Waals surface area contributed by atoms with E-state index in [1.807, 2.05) is 36.4 Å². The maximum Gasteiger partial charge on any atom is 0.252 e. The Labute approximate surface area is 539 Å². The lowest BCUT2D eigenvalue weighted by Crippen LogP contribution is -2.61. The van der Waals surface area contributed by atoms with Crippen LogP contribution in [0.1, 0.15) is 5.56 Å². The van der Waals surface area contributed by atoms with Gasteiger partial charge in [0.2, 0.25) is 0 Å². The number of hydrogen-bond acceptors (Lipinski definition) is 3. The summed E-state index contributed by atoms with van der Waals surface area (Å²) in [6, 6.07) is 119. The van der Waals surface area contributed by atoms with Crippen LogP contribution in [0.4, 0.5) is 39.8 Å². The molecule has 2 aliphatic heterocycles. The van der Waals surface area contributed by atoms with Crippen LogP contribution in [-0.2, 0) is 0 Å². The molecule has 2 aliphatic rings. The first-order valence-corrected chi connectivity index (χ1v) is 31.5. The molecule has 0 spiro atoms. The Morgan fingerprint density at radius 3 is 1.15 bits per heavy atom. The zero-order valence-electron chi connectivity index (χ0n) is 50.4. The van der Waals surface area contributed by atoms with Crippen LogP contribution in [-0.4, -0.2) is 15.8 Å². The van der Waals surface area contributed by atoms with E-state index in [2.05, 4.69) is 315 Å². The monoisotopic (exact) mass is 1180 g/mol. The van der Waals surface area contributed by atoms with E-state index in [0.29, 0.717) is 11.3 Å². The fourth-order valence-corrected chi connectivity index (χ4v) is 15.0. The summed E-state index contributed by atoms with van der Waals surface area (Å²) >= 11 is 0. The number of benzene rings is 14. The number of anilines is 6. The SMILES string of the molecule is [C-]#[N+]c1cccc(-c2ccc(N3c4cc(-n5c6ccccc6c6ccccc65)ccc4B4c5ccc(-n6c7ccccc7c7ccccc76)cc5N(c5ccc(-c6cccc(C#N)c6)cc5-c5ccccc5)c5cc(-c6ccccc6)cc3c54)c(-c3ccccc3)c2)c1. The van der Waals surface area contributed by atoms with Crippen molar-refractivity contribution >= 4 is 107 Å². The van der Waals surface area contributed by atoms with Gasteiger partial charge in [0, 0.05) is 66.8 Å². The summed E-state index contributed by atoms with van der Waals surface area (Å²) < 4.78 is 4.88. The molecule has 0 amide bonds. The molecule has 2 aromatic heterocycles. The number of fused-ring (bicyclic) bond motifs is 10. The first kappa shape index (κ1) is 53.4. The van der Waals surface area contributed by atoms with Gasteiger partial charge in [-0.25, -0.2) is 4.85 Å². The molecular formula is C86H53BN6. The predicted octanol–water partition coefficient (Wildman–Crippen LogP) is 20.7. The van der Waals surface area contributed by atoms with E-state index in [-0.39, 0.29) is 6.71 Å². The number of nitriles is 1. The highest BCUT2D eigenvalue weighted by molar-refractivity contribution is 7.00. The van der Waals surface area contributed by atoms with E-state index in [1.54, 1.807) is 0 Å². The fraction of sp³-hybridized carbons (Fsp3) is 0. The third-order valence-electron chi connectivity index (χ3n) is 19.1. The highest BCUT2D eigenvalue weighted by Gasteiger charge is 2.45. The van der Waals surface area contributed by atoms with Gasteiger partial charge in [0.15, 0.2) is 5.69 Å². The van der Waals surface area contributed by atoms with E-state index in [1.165, 1.54) is 37.9 Å². The molecule has 0 N–H and O–H groups in total. The molecule has 0 saturated carbocycles. The minimum atomic E-state index is -0.249. The minimum absolute atomic E-state index is 0.249. The Morgan fingerprint density at radius 1 is 0.301 bits per heavy atom. The van der Waals surface area contributed by atoms with Gasteiger partial charge < -0.3 is 18.9 Å². The molecule has 7 heteroatoms. The fourth-order valence-electron chi connectivity index (χ4n) is 15.0. The Balaban J connectivity index is 0.981. The van der Waals surface area contributed by atoms with Crippen molar-refractivity contribution in [1.29, 1.82) is 5.26 Å². The zero-order valence-corrected chi connectivity index (χ0v) is 50.4. The molecule has 0 atom stereocenters. The van der Waals surface area contributed by atoms with Gasteiger partial charge in [-0.1, -0.05) is 218 Å². The van der Waals surface area contributed by atoms with Crippen LogP contribution >= 0.6 is 0 Å². The van der Waals surface area contributed by atoms with E-state index < -0.39 is 0 Å². The summed E-state index contributed by atoms with van der Waals surface area (Å²) in [5, 5.41) is 15.0. The summed E-state index contributed by atoms with van der Waals surface area (Å²) in [6.07, 6.45) is 0. The minimum Gasteiger partial charge on any atom is -0.311 e. The van der Waals surface area contributed by atoms with Gasteiger partial charge in [-0.3, -0.25) is 0 Å². The molecule has 93 heavy (non-hydrogen) atoms.